The first-order valence-electron chi connectivity index (χ1n) is 1.55. The van der Waals surface area contributed by atoms with E-state index in [2.05, 4.69) is 0 Å². The van der Waals surface area contributed by atoms with E-state index in [-0.39, 0.29) is 71.9 Å². The van der Waals surface area contributed by atoms with Gasteiger partial charge in [0.2, 0.25) is 0 Å². The average Bonchev–Trinajstić information content (AvgIpc) is 1.25. The number of hydrogen-bond acceptors (Lipinski definition) is 6. The maximum Gasteiger partial charge on any atom is 0.316 e. The minimum absolute atomic E-state index is 0. The third-order valence-electron chi connectivity index (χ3n) is 0. The Bertz CT molecular complexity index is 31.2. The summed E-state index contributed by atoms with van der Waals surface area (Å²) in [6.07, 6.45) is 0. The first-order chi connectivity index (χ1) is 3.46. The predicted molar refractivity (Wildman–Crippen MR) is 41.9 cm³/mol. The Morgan fingerprint density at radius 3 is 0.600 bits per heavy atom. The topological polar surface area (TPSA) is 121 Å². The molecule has 0 aromatic rings. The van der Waals surface area contributed by atoms with E-state index in [0.717, 1.165) is 0 Å². The fourth-order valence-corrected chi connectivity index (χ4v) is 0. The van der Waals surface area contributed by atoms with Gasteiger partial charge >= 0.3 is 86.6 Å². The van der Waals surface area contributed by atoms with Crippen molar-refractivity contribution in [1.29, 1.82) is 0 Å². The summed E-state index contributed by atoms with van der Waals surface area (Å²) in [5.74, 6) is 0. The molecule has 0 rings (SSSR count). The molecule has 56 valence electrons. The van der Waals surface area contributed by atoms with E-state index in [1.165, 1.54) is 0 Å². The van der Waals surface area contributed by atoms with Crippen LogP contribution in [-0.2, 0) is 0 Å². The molecular formula is H10B2BaMgO6. The smallest absolute Gasteiger partial charge is 0.316 e. The molecule has 0 heterocycles. The summed E-state index contributed by atoms with van der Waals surface area (Å²) < 4.78 is 0. The largest absolute Gasteiger partial charge is 0.316 e. The second-order valence-corrected chi connectivity index (χ2v) is 0.693. The zero-order valence-electron chi connectivity index (χ0n) is 3.84. The van der Waals surface area contributed by atoms with Crippen LogP contribution in [0, 0.1) is 0 Å². The molecule has 0 fully saturated rings. The SMILES string of the molecule is OB(O)O.OB(O)O.[BaH2].[MgH2]. The van der Waals surface area contributed by atoms with Gasteiger partial charge in [-0.25, -0.2) is 0 Å². The van der Waals surface area contributed by atoms with E-state index in [0.29, 0.717) is 0 Å². The van der Waals surface area contributed by atoms with Gasteiger partial charge in [0.1, 0.15) is 0 Å². The zero-order chi connectivity index (χ0) is 7.15. The number of hydrogen-bond donors (Lipinski definition) is 6. The quantitative estimate of drug-likeness (QED) is 0.247. The minimum Gasteiger partial charge on any atom is 0.316 e. The molecule has 0 aromatic heterocycles. The van der Waals surface area contributed by atoms with Gasteiger partial charge < -0.3 is 30.1 Å². The van der Waals surface area contributed by atoms with Crippen molar-refractivity contribution < 1.29 is 30.1 Å². The van der Waals surface area contributed by atoms with Crippen LogP contribution in [0.5, 0.6) is 0 Å². The molecule has 0 bridgehead atoms. The molecule has 10 heavy (non-hydrogen) atoms. The summed E-state index contributed by atoms with van der Waals surface area (Å²) >= 11 is 0. The van der Waals surface area contributed by atoms with Crippen molar-refractivity contribution >= 4 is 86.6 Å². The maximum atomic E-state index is 7.17. The molecule has 0 atom stereocenters. The summed E-state index contributed by atoms with van der Waals surface area (Å²) in [5.41, 5.74) is 0. The molecule has 0 aliphatic rings. The summed E-state index contributed by atoms with van der Waals surface area (Å²) in [5, 5.41) is 43.0. The molecular weight excluding hydrogens is 279 g/mol. The molecule has 6 nitrogen and oxygen atoms in total. The molecule has 6 N–H and O–H groups in total. The van der Waals surface area contributed by atoms with E-state index in [1.54, 1.807) is 0 Å². The molecule has 0 amide bonds. The monoisotopic (exact) mass is 290 g/mol. The Balaban J connectivity index is -0.0000000300. The molecule has 0 aliphatic carbocycles. The zero-order valence-corrected chi connectivity index (χ0v) is 3.84. The Morgan fingerprint density at radius 1 is 0.600 bits per heavy atom. The van der Waals surface area contributed by atoms with Crippen LogP contribution < -0.4 is 0 Å². The minimum atomic E-state index is -2.17. The number of rotatable bonds is 0. The van der Waals surface area contributed by atoms with Gasteiger partial charge in [-0.05, 0) is 0 Å². The van der Waals surface area contributed by atoms with Gasteiger partial charge in [0.05, 0.1) is 0 Å². The Morgan fingerprint density at radius 2 is 0.600 bits per heavy atom. The third-order valence-corrected chi connectivity index (χ3v) is 0. The van der Waals surface area contributed by atoms with Crippen LogP contribution in [0.2, 0.25) is 0 Å². The van der Waals surface area contributed by atoms with Crippen molar-refractivity contribution in [1.82, 2.24) is 0 Å². The first-order valence-corrected chi connectivity index (χ1v) is 1.55. The maximum absolute atomic E-state index is 7.17. The van der Waals surface area contributed by atoms with E-state index in [9.17, 15) is 0 Å². The van der Waals surface area contributed by atoms with Crippen LogP contribution in [0.15, 0.2) is 0 Å². The van der Waals surface area contributed by atoms with Gasteiger partial charge in [0, 0.05) is 0 Å². The van der Waals surface area contributed by atoms with Gasteiger partial charge in [-0.3, -0.25) is 0 Å². The van der Waals surface area contributed by atoms with Gasteiger partial charge in [-0.1, -0.05) is 0 Å². The van der Waals surface area contributed by atoms with E-state index >= 15 is 0 Å². The summed E-state index contributed by atoms with van der Waals surface area (Å²) in [6.45, 7) is 0. The van der Waals surface area contributed by atoms with E-state index in [4.69, 9.17) is 30.1 Å². The van der Waals surface area contributed by atoms with Crippen LogP contribution >= 0.6 is 0 Å². The molecule has 0 saturated heterocycles. The molecule has 0 unspecified atom stereocenters. The Hall–Kier alpha value is 2.23. The van der Waals surface area contributed by atoms with E-state index < -0.39 is 14.6 Å². The predicted octanol–water partition coefficient (Wildman–Crippen LogP) is -5.94. The summed E-state index contributed by atoms with van der Waals surface area (Å²) in [4.78, 5) is 0. The molecule has 10 heteroatoms. The summed E-state index contributed by atoms with van der Waals surface area (Å²) in [7, 11) is -4.33. The van der Waals surface area contributed by atoms with Crippen molar-refractivity contribution in [2.45, 2.75) is 0 Å². The Kier molecular flexibility index (Phi) is 39.5. The van der Waals surface area contributed by atoms with Crippen LogP contribution in [0.3, 0.4) is 0 Å². The van der Waals surface area contributed by atoms with Gasteiger partial charge in [0.25, 0.3) is 0 Å². The Labute approximate surface area is 115 Å². The van der Waals surface area contributed by atoms with Crippen molar-refractivity contribution in [2.75, 3.05) is 0 Å². The normalized spacial score (nSPS) is 5.40. The fourth-order valence-electron chi connectivity index (χ4n) is 0. The average molecular weight is 289 g/mol. The molecule has 0 aromatic carbocycles. The molecule has 0 spiro atoms. The van der Waals surface area contributed by atoms with Crippen molar-refractivity contribution in [3.63, 3.8) is 0 Å². The first kappa shape index (κ1) is 22.8. The van der Waals surface area contributed by atoms with Crippen LogP contribution in [0.1, 0.15) is 0 Å². The molecule has 0 saturated carbocycles. The van der Waals surface area contributed by atoms with Gasteiger partial charge in [-0.15, -0.1) is 0 Å². The standard InChI is InChI=1S/2BH3O3.Ba.Mg.4H/c2*2-1(3)4;;;;;;/h2*2-4H;;;;;;. The van der Waals surface area contributed by atoms with Gasteiger partial charge in [-0.2, -0.15) is 0 Å². The van der Waals surface area contributed by atoms with Crippen LogP contribution in [0.4, 0.5) is 0 Å². The van der Waals surface area contributed by atoms with Crippen LogP contribution in [0.25, 0.3) is 0 Å². The van der Waals surface area contributed by atoms with E-state index in [1.807, 2.05) is 0 Å². The van der Waals surface area contributed by atoms with Crippen molar-refractivity contribution in [3.05, 3.63) is 0 Å². The van der Waals surface area contributed by atoms with Gasteiger partial charge in [0.15, 0.2) is 0 Å². The molecule has 0 aliphatic heterocycles. The fraction of sp³-hybridized carbons (Fsp3) is 0. The second-order valence-electron chi connectivity index (χ2n) is 0.693. The summed E-state index contributed by atoms with van der Waals surface area (Å²) in [6, 6.07) is 0. The third kappa shape index (κ3) is 176. The van der Waals surface area contributed by atoms with Crippen LogP contribution in [-0.4, -0.2) is 117 Å². The van der Waals surface area contributed by atoms with Crippen molar-refractivity contribution in [2.24, 2.45) is 0 Å². The second kappa shape index (κ2) is 17.3. The molecule has 0 radical (unpaired) electrons. The van der Waals surface area contributed by atoms with Crippen molar-refractivity contribution in [3.8, 4) is 0 Å².